The fourth-order valence-corrected chi connectivity index (χ4v) is 4.44. The lowest BCUT2D eigenvalue weighted by Crippen LogP contribution is -2.45. The van der Waals surface area contributed by atoms with E-state index < -0.39 is 0 Å². The molecule has 1 aromatic heterocycles. The normalized spacial score (nSPS) is 22.2. The third-order valence-electron chi connectivity index (χ3n) is 6.00. The summed E-state index contributed by atoms with van der Waals surface area (Å²) in [6, 6.07) is 10.5. The maximum absolute atomic E-state index is 12.3. The number of rotatable bonds is 6. The van der Waals surface area contributed by atoms with Gasteiger partial charge in [0.15, 0.2) is 0 Å². The molecule has 0 aliphatic carbocycles. The fraction of sp³-hybridized carbons (Fsp3) is 0.545. The van der Waals surface area contributed by atoms with Crippen molar-refractivity contribution in [1.82, 2.24) is 25.3 Å². The smallest absolute Gasteiger partial charge is 0.237 e. The van der Waals surface area contributed by atoms with Crippen LogP contribution in [0.25, 0.3) is 5.69 Å². The number of nitrogens with zero attached hydrogens (tertiary/aromatic N) is 3. The molecule has 2 aliphatic heterocycles. The number of carbonyl (C=O) groups is 1. The van der Waals surface area contributed by atoms with Gasteiger partial charge < -0.3 is 10.6 Å². The molecule has 7 heteroatoms. The molecule has 158 valence electrons. The van der Waals surface area contributed by atoms with Gasteiger partial charge in [0, 0.05) is 25.8 Å². The van der Waals surface area contributed by atoms with Crippen LogP contribution in [0.1, 0.15) is 36.9 Å². The van der Waals surface area contributed by atoms with Crippen molar-refractivity contribution in [3.05, 3.63) is 47.8 Å². The highest BCUT2D eigenvalue weighted by Crippen LogP contribution is 2.21. The summed E-state index contributed by atoms with van der Waals surface area (Å²) >= 11 is 0. The molecule has 4 rings (SSSR count). The minimum atomic E-state index is 0. The SMILES string of the molecule is Cc1ccccc1-n1nccc1CN1CCCC(CNC(=O)C2CCCN2)C1.Cl. The summed E-state index contributed by atoms with van der Waals surface area (Å²) in [7, 11) is 0. The second-order valence-electron chi connectivity index (χ2n) is 8.16. The molecule has 2 N–H and O–H groups in total. The van der Waals surface area contributed by atoms with Crippen LogP contribution in [0, 0.1) is 12.8 Å². The fourth-order valence-electron chi connectivity index (χ4n) is 4.44. The van der Waals surface area contributed by atoms with Crippen LogP contribution in [0.15, 0.2) is 36.5 Å². The number of para-hydroxylation sites is 1. The van der Waals surface area contributed by atoms with Gasteiger partial charge in [-0.25, -0.2) is 4.68 Å². The highest BCUT2D eigenvalue weighted by atomic mass is 35.5. The number of amides is 1. The molecule has 1 aromatic carbocycles. The molecule has 0 bridgehead atoms. The highest BCUT2D eigenvalue weighted by molar-refractivity contribution is 5.85. The lowest BCUT2D eigenvalue weighted by atomic mass is 9.97. The second kappa shape index (κ2) is 10.2. The van der Waals surface area contributed by atoms with E-state index in [-0.39, 0.29) is 24.4 Å². The van der Waals surface area contributed by atoms with Gasteiger partial charge in [-0.15, -0.1) is 12.4 Å². The van der Waals surface area contributed by atoms with Crippen molar-refractivity contribution in [3.8, 4) is 5.69 Å². The van der Waals surface area contributed by atoms with Crippen molar-refractivity contribution < 1.29 is 4.79 Å². The van der Waals surface area contributed by atoms with Crippen LogP contribution >= 0.6 is 12.4 Å². The number of hydrogen-bond donors (Lipinski definition) is 2. The summed E-state index contributed by atoms with van der Waals surface area (Å²) in [6.45, 7) is 6.89. The van der Waals surface area contributed by atoms with E-state index in [0.29, 0.717) is 5.92 Å². The maximum Gasteiger partial charge on any atom is 0.237 e. The molecule has 0 spiro atoms. The van der Waals surface area contributed by atoms with Crippen LogP contribution in [0.2, 0.25) is 0 Å². The van der Waals surface area contributed by atoms with E-state index in [1.54, 1.807) is 0 Å². The number of hydrogen-bond acceptors (Lipinski definition) is 4. The van der Waals surface area contributed by atoms with E-state index in [2.05, 4.69) is 62.6 Å². The third kappa shape index (κ3) is 5.38. The first-order valence-electron chi connectivity index (χ1n) is 10.5. The van der Waals surface area contributed by atoms with Crippen molar-refractivity contribution in [2.45, 2.75) is 45.2 Å². The first-order chi connectivity index (χ1) is 13.7. The number of nitrogens with one attached hydrogen (secondary N) is 2. The van der Waals surface area contributed by atoms with Gasteiger partial charge in [0.1, 0.15) is 0 Å². The molecular weight excluding hydrogens is 386 g/mol. The Hall–Kier alpha value is -1.89. The van der Waals surface area contributed by atoms with Crippen LogP contribution in [-0.2, 0) is 11.3 Å². The van der Waals surface area contributed by atoms with Crippen molar-refractivity contribution in [1.29, 1.82) is 0 Å². The van der Waals surface area contributed by atoms with Gasteiger partial charge in [-0.05, 0) is 69.3 Å². The Morgan fingerprint density at radius 1 is 1.24 bits per heavy atom. The number of aryl methyl sites for hydroxylation is 1. The van der Waals surface area contributed by atoms with Gasteiger partial charge >= 0.3 is 0 Å². The Balaban J connectivity index is 0.00000240. The van der Waals surface area contributed by atoms with Crippen LogP contribution in [0.3, 0.4) is 0 Å². The second-order valence-corrected chi connectivity index (χ2v) is 8.16. The van der Waals surface area contributed by atoms with E-state index in [9.17, 15) is 4.79 Å². The first kappa shape index (κ1) is 21.8. The zero-order valence-electron chi connectivity index (χ0n) is 17.1. The van der Waals surface area contributed by atoms with Crippen molar-refractivity contribution in [2.24, 2.45) is 5.92 Å². The number of halogens is 1. The molecule has 29 heavy (non-hydrogen) atoms. The molecule has 3 heterocycles. The first-order valence-corrected chi connectivity index (χ1v) is 10.5. The van der Waals surface area contributed by atoms with Gasteiger partial charge in [-0.2, -0.15) is 5.10 Å². The quantitative estimate of drug-likeness (QED) is 0.758. The van der Waals surface area contributed by atoms with Crippen LogP contribution in [0.5, 0.6) is 0 Å². The Bertz CT molecular complexity index is 802. The van der Waals surface area contributed by atoms with Gasteiger partial charge in [-0.3, -0.25) is 9.69 Å². The predicted octanol–water partition coefficient (Wildman–Crippen LogP) is 2.68. The predicted molar refractivity (Wildman–Crippen MR) is 118 cm³/mol. The zero-order valence-corrected chi connectivity index (χ0v) is 18.0. The molecule has 2 unspecified atom stereocenters. The summed E-state index contributed by atoms with van der Waals surface area (Å²) in [5, 5.41) is 11.0. The molecule has 0 radical (unpaired) electrons. The lowest BCUT2D eigenvalue weighted by Gasteiger charge is -2.33. The minimum absolute atomic E-state index is 0. The summed E-state index contributed by atoms with van der Waals surface area (Å²) in [6.07, 6.45) is 6.32. The maximum atomic E-state index is 12.3. The number of aromatic nitrogens is 2. The summed E-state index contributed by atoms with van der Waals surface area (Å²) in [5.74, 6) is 0.696. The van der Waals surface area contributed by atoms with E-state index >= 15 is 0 Å². The van der Waals surface area contributed by atoms with E-state index in [0.717, 1.165) is 51.3 Å². The average molecular weight is 418 g/mol. The van der Waals surface area contributed by atoms with Crippen molar-refractivity contribution in [2.75, 3.05) is 26.2 Å². The van der Waals surface area contributed by atoms with Crippen LogP contribution < -0.4 is 10.6 Å². The highest BCUT2D eigenvalue weighted by Gasteiger charge is 2.25. The molecule has 1 amide bonds. The lowest BCUT2D eigenvalue weighted by molar-refractivity contribution is -0.123. The zero-order chi connectivity index (χ0) is 19.3. The minimum Gasteiger partial charge on any atom is -0.354 e. The Labute approximate surface area is 179 Å². The number of carbonyl (C=O) groups excluding carboxylic acids is 1. The Morgan fingerprint density at radius 3 is 2.90 bits per heavy atom. The molecule has 0 saturated carbocycles. The number of piperidine rings is 1. The van der Waals surface area contributed by atoms with Crippen LogP contribution in [0.4, 0.5) is 0 Å². The average Bonchev–Trinajstić information content (AvgIpc) is 3.39. The molecule has 2 aromatic rings. The molecule has 2 fully saturated rings. The van der Waals surface area contributed by atoms with E-state index in [4.69, 9.17) is 0 Å². The summed E-state index contributed by atoms with van der Waals surface area (Å²) in [5.41, 5.74) is 3.59. The Morgan fingerprint density at radius 2 is 2.10 bits per heavy atom. The molecule has 2 atom stereocenters. The summed E-state index contributed by atoms with van der Waals surface area (Å²) in [4.78, 5) is 14.8. The number of benzene rings is 1. The topological polar surface area (TPSA) is 62.2 Å². The molecule has 2 aliphatic rings. The summed E-state index contributed by atoms with van der Waals surface area (Å²) < 4.78 is 2.06. The standard InChI is InChI=1S/C22H31N5O.ClH/c1-17-6-2-3-9-21(17)27-19(10-12-25-27)16-26-13-5-7-18(15-26)14-24-22(28)20-8-4-11-23-20;/h2-3,6,9-10,12,18,20,23H,4-5,7-8,11,13-16H2,1H3,(H,24,28);1H. The Kier molecular flexibility index (Phi) is 7.70. The largest absolute Gasteiger partial charge is 0.354 e. The van der Waals surface area contributed by atoms with Crippen molar-refractivity contribution in [3.63, 3.8) is 0 Å². The molecule has 6 nitrogen and oxygen atoms in total. The van der Waals surface area contributed by atoms with Crippen LogP contribution in [-0.4, -0.2) is 52.8 Å². The van der Waals surface area contributed by atoms with E-state index in [1.807, 2.05) is 6.20 Å². The molecule has 2 saturated heterocycles. The van der Waals surface area contributed by atoms with Gasteiger partial charge in [0.2, 0.25) is 5.91 Å². The van der Waals surface area contributed by atoms with Gasteiger partial charge in [-0.1, -0.05) is 18.2 Å². The molecular formula is C22H32ClN5O. The van der Waals surface area contributed by atoms with Gasteiger partial charge in [0.05, 0.1) is 17.4 Å². The monoisotopic (exact) mass is 417 g/mol. The van der Waals surface area contributed by atoms with Crippen molar-refractivity contribution >= 4 is 18.3 Å². The number of likely N-dealkylation sites (tertiary alicyclic amines) is 1. The van der Waals surface area contributed by atoms with Gasteiger partial charge in [0.25, 0.3) is 0 Å². The van der Waals surface area contributed by atoms with E-state index in [1.165, 1.54) is 24.1 Å². The third-order valence-corrected chi connectivity index (χ3v) is 6.00.